The molecule has 0 saturated carbocycles. The van der Waals surface area contributed by atoms with E-state index in [2.05, 4.69) is 51.2 Å². The molecular formula is C23H25N3OS. The average molecular weight is 392 g/mol. The van der Waals surface area contributed by atoms with E-state index in [0.29, 0.717) is 0 Å². The van der Waals surface area contributed by atoms with Crippen LogP contribution in [0.5, 0.6) is 0 Å². The van der Waals surface area contributed by atoms with Gasteiger partial charge in [0.15, 0.2) is 0 Å². The molecule has 1 amide bonds. The number of amides is 1. The largest absolute Gasteiger partial charge is 0.372 e. The van der Waals surface area contributed by atoms with Crippen molar-refractivity contribution in [1.29, 1.82) is 0 Å². The van der Waals surface area contributed by atoms with E-state index in [-0.39, 0.29) is 18.5 Å². The monoisotopic (exact) mass is 391 g/mol. The summed E-state index contributed by atoms with van der Waals surface area (Å²) in [7, 11) is 0. The Hall–Kier alpha value is -2.63. The van der Waals surface area contributed by atoms with E-state index in [1.165, 1.54) is 23.4 Å². The molecule has 144 valence electrons. The maximum absolute atomic E-state index is 12.5. The zero-order valence-electron chi connectivity index (χ0n) is 15.8. The maximum atomic E-state index is 12.5. The summed E-state index contributed by atoms with van der Waals surface area (Å²) in [5.41, 5.74) is 3.23. The van der Waals surface area contributed by atoms with Crippen LogP contribution < -0.4 is 15.5 Å². The highest BCUT2D eigenvalue weighted by molar-refractivity contribution is 7.10. The minimum atomic E-state index is -0.0357. The van der Waals surface area contributed by atoms with E-state index >= 15 is 0 Å². The van der Waals surface area contributed by atoms with Crippen LogP contribution in [0.25, 0.3) is 0 Å². The Kier molecular flexibility index (Phi) is 6.04. The fourth-order valence-corrected chi connectivity index (χ4v) is 4.44. The van der Waals surface area contributed by atoms with Gasteiger partial charge in [0, 0.05) is 29.3 Å². The summed E-state index contributed by atoms with van der Waals surface area (Å²) in [4.78, 5) is 16.1. The predicted molar refractivity (Wildman–Crippen MR) is 117 cm³/mol. The lowest BCUT2D eigenvalue weighted by atomic mass is 10.1. The fourth-order valence-electron chi connectivity index (χ4n) is 3.61. The molecular weight excluding hydrogens is 366 g/mol. The molecule has 2 heterocycles. The van der Waals surface area contributed by atoms with Crippen LogP contribution in [-0.4, -0.2) is 25.5 Å². The van der Waals surface area contributed by atoms with E-state index in [1.54, 1.807) is 11.3 Å². The van der Waals surface area contributed by atoms with Crippen molar-refractivity contribution in [1.82, 2.24) is 5.32 Å². The Bertz CT molecular complexity index is 872. The van der Waals surface area contributed by atoms with Crippen LogP contribution in [0.1, 0.15) is 29.3 Å². The number of carbonyl (C=O) groups excluding carboxylic acids is 1. The highest BCUT2D eigenvalue weighted by Crippen LogP contribution is 2.26. The zero-order valence-corrected chi connectivity index (χ0v) is 16.6. The van der Waals surface area contributed by atoms with Gasteiger partial charge in [-0.3, -0.25) is 10.1 Å². The highest BCUT2D eigenvalue weighted by Gasteiger charge is 2.16. The Morgan fingerprint density at radius 1 is 0.964 bits per heavy atom. The molecule has 0 bridgehead atoms. The second-order valence-electron chi connectivity index (χ2n) is 7.03. The predicted octanol–water partition coefficient (Wildman–Crippen LogP) is 4.67. The van der Waals surface area contributed by atoms with E-state index < -0.39 is 0 Å². The molecule has 0 aliphatic carbocycles. The van der Waals surface area contributed by atoms with Crippen LogP contribution in [-0.2, 0) is 4.79 Å². The molecule has 4 rings (SSSR count). The first-order valence-electron chi connectivity index (χ1n) is 9.76. The van der Waals surface area contributed by atoms with Crippen molar-refractivity contribution in [3.05, 3.63) is 82.6 Å². The van der Waals surface area contributed by atoms with Gasteiger partial charge in [0.05, 0.1) is 12.6 Å². The normalized spacial score (nSPS) is 14.8. The minimum absolute atomic E-state index is 0.0180. The first-order valence-corrected chi connectivity index (χ1v) is 10.6. The molecule has 1 aromatic heterocycles. The quantitative estimate of drug-likeness (QED) is 0.615. The molecule has 1 aliphatic rings. The van der Waals surface area contributed by atoms with Gasteiger partial charge < -0.3 is 10.2 Å². The second-order valence-corrected chi connectivity index (χ2v) is 8.01. The number of carbonyl (C=O) groups is 1. The molecule has 1 saturated heterocycles. The number of nitrogens with zero attached hydrogens (tertiary/aromatic N) is 1. The van der Waals surface area contributed by atoms with Crippen LogP contribution in [0.15, 0.2) is 72.1 Å². The lowest BCUT2D eigenvalue weighted by molar-refractivity contribution is -0.115. The zero-order chi connectivity index (χ0) is 19.2. The van der Waals surface area contributed by atoms with Crippen LogP contribution in [0.2, 0.25) is 0 Å². The lowest BCUT2D eigenvalue weighted by Gasteiger charge is -2.19. The van der Waals surface area contributed by atoms with Crippen LogP contribution in [0.3, 0.4) is 0 Å². The molecule has 2 aromatic carbocycles. The molecule has 5 heteroatoms. The Morgan fingerprint density at radius 3 is 2.39 bits per heavy atom. The summed E-state index contributed by atoms with van der Waals surface area (Å²) in [5.74, 6) is -0.0357. The van der Waals surface area contributed by atoms with Crippen LogP contribution in [0.4, 0.5) is 11.4 Å². The van der Waals surface area contributed by atoms with Crippen molar-refractivity contribution < 1.29 is 4.79 Å². The fraction of sp³-hybridized carbons (Fsp3) is 0.261. The lowest BCUT2D eigenvalue weighted by Crippen LogP contribution is -2.31. The van der Waals surface area contributed by atoms with Gasteiger partial charge in [-0.25, -0.2) is 0 Å². The number of benzene rings is 2. The van der Waals surface area contributed by atoms with Gasteiger partial charge >= 0.3 is 0 Å². The van der Waals surface area contributed by atoms with Gasteiger partial charge in [-0.05, 0) is 54.1 Å². The third kappa shape index (κ3) is 4.61. The minimum Gasteiger partial charge on any atom is -0.372 e. The molecule has 1 fully saturated rings. The molecule has 2 N–H and O–H groups in total. The topological polar surface area (TPSA) is 44.4 Å². The van der Waals surface area contributed by atoms with Crippen molar-refractivity contribution in [2.45, 2.75) is 18.9 Å². The third-order valence-electron chi connectivity index (χ3n) is 5.05. The van der Waals surface area contributed by atoms with Crippen LogP contribution in [0, 0.1) is 0 Å². The number of anilines is 2. The van der Waals surface area contributed by atoms with Gasteiger partial charge in [-0.2, -0.15) is 0 Å². The molecule has 1 aliphatic heterocycles. The van der Waals surface area contributed by atoms with Crippen molar-refractivity contribution >= 4 is 28.6 Å². The van der Waals surface area contributed by atoms with Crippen LogP contribution >= 0.6 is 11.3 Å². The summed E-state index contributed by atoms with van der Waals surface area (Å²) >= 11 is 1.70. The van der Waals surface area contributed by atoms with Crippen molar-refractivity contribution in [3.8, 4) is 0 Å². The van der Waals surface area contributed by atoms with Crippen molar-refractivity contribution in [2.75, 3.05) is 29.9 Å². The van der Waals surface area contributed by atoms with Gasteiger partial charge in [-0.1, -0.05) is 36.4 Å². The van der Waals surface area contributed by atoms with Crippen molar-refractivity contribution in [2.24, 2.45) is 0 Å². The first kappa shape index (κ1) is 18.7. The number of rotatable bonds is 7. The van der Waals surface area contributed by atoms with Gasteiger partial charge in [0.1, 0.15) is 0 Å². The summed E-state index contributed by atoms with van der Waals surface area (Å²) in [6.07, 6.45) is 2.52. The van der Waals surface area contributed by atoms with Gasteiger partial charge in [0.25, 0.3) is 0 Å². The first-order chi connectivity index (χ1) is 13.8. The number of hydrogen-bond acceptors (Lipinski definition) is 4. The maximum Gasteiger partial charge on any atom is 0.238 e. The highest BCUT2D eigenvalue weighted by atomic mass is 32.1. The van der Waals surface area contributed by atoms with E-state index in [0.717, 1.165) is 24.3 Å². The standard InChI is InChI=1S/C23H25N3OS/c27-22(25-19-10-12-20(13-11-19)26-14-4-5-15-26)17-24-23(21-9-6-16-28-21)18-7-2-1-3-8-18/h1-3,6-13,16,23-24H,4-5,14-15,17H2,(H,25,27)/t23-/m1/s1. The smallest absolute Gasteiger partial charge is 0.238 e. The van der Waals surface area contributed by atoms with E-state index in [9.17, 15) is 4.79 Å². The summed E-state index contributed by atoms with van der Waals surface area (Å²) in [5, 5.41) is 8.46. The molecule has 0 spiro atoms. The SMILES string of the molecule is O=C(CN[C@H](c1ccccc1)c1cccs1)Nc1ccc(N2CCCC2)cc1. The van der Waals surface area contributed by atoms with Gasteiger partial charge in [-0.15, -0.1) is 11.3 Å². The van der Waals surface area contributed by atoms with Gasteiger partial charge in [0.2, 0.25) is 5.91 Å². The number of thiophene rings is 1. The molecule has 1 atom stereocenters. The molecule has 4 nitrogen and oxygen atoms in total. The summed E-state index contributed by atoms with van der Waals surface area (Å²) in [6.45, 7) is 2.50. The number of nitrogens with one attached hydrogen (secondary N) is 2. The molecule has 0 radical (unpaired) electrons. The summed E-state index contributed by atoms with van der Waals surface area (Å²) < 4.78 is 0. The summed E-state index contributed by atoms with van der Waals surface area (Å²) in [6, 6.07) is 22.6. The molecule has 28 heavy (non-hydrogen) atoms. The Labute approximate surface area is 170 Å². The third-order valence-corrected chi connectivity index (χ3v) is 5.99. The Balaban J connectivity index is 1.36. The molecule has 0 unspecified atom stereocenters. The van der Waals surface area contributed by atoms with E-state index in [1.807, 2.05) is 36.4 Å². The average Bonchev–Trinajstić information content (AvgIpc) is 3.44. The second kappa shape index (κ2) is 9.04. The molecule has 3 aromatic rings. The van der Waals surface area contributed by atoms with E-state index in [4.69, 9.17) is 0 Å². The van der Waals surface area contributed by atoms with Crippen molar-refractivity contribution in [3.63, 3.8) is 0 Å². The number of hydrogen-bond donors (Lipinski definition) is 2. The Morgan fingerprint density at radius 2 is 1.71 bits per heavy atom.